The highest BCUT2D eigenvalue weighted by atomic mass is 16.5. The molecule has 1 aromatic heterocycles. The summed E-state index contributed by atoms with van der Waals surface area (Å²) in [6.45, 7) is 1.43. The molecule has 0 atom stereocenters. The number of aromatic amines is 1. The number of nitrogens with one attached hydrogen (secondary N) is 3. The van der Waals surface area contributed by atoms with Gasteiger partial charge in [0, 0.05) is 36.1 Å². The van der Waals surface area contributed by atoms with E-state index in [1.165, 1.54) is 25.0 Å². The number of rotatable bonds is 7. The Morgan fingerprint density at radius 2 is 1.93 bits per heavy atom. The normalized spacial score (nSPS) is 10.6. The van der Waals surface area contributed by atoms with Gasteiger partial charge < -0.3 is 20.4 Å². The van der Waals surface area contributed by atoms with Crippen LogP contribution in [0.5, 0.6) is 5.75 Å². The molecule has 0 saturated heterocycles. The van der Waals surface area contributed by atoms with Gasteiger partial charge in [-0.15, -0.1) is 0 Å². The fraction of sp³-hybridized carbons (Fsp3) is 0.238. The monoisotopic (exact) mass is 365 g/mol. The van der Waals surface area contributed by atoms with Gasteiger partial charge in [0.1, 0.15) is 5.75 Å². The first-order chi connectivity index (χ1) is 13.1. The maximum Gasteiger partial charge on any atom is 0.224 e. The Morgan fingerprint density at radius 3 is 2.70 bits per heavy atom. The zero-order valence-corrected chi connectivity index (χ0v) is 15.5. The number of benzene rings is 2. The van der Waals surface area contributed by atoms with Crippen molar-refractivity contribution in [2.24, 2.45) is 0 Å². The second-order valence-electron chi connectivity index (χ2n) is 6.36. The van der Waals surface area contributed by atoms with Crippen LogP contribution < -0.4 is 15.4 Å². The molecule has 0 aliphatic heterocycles. The summed E-state index contributed by atoms with van der Waals surface area (Å²) < 4.78 is 5.22. The lowest BCUT2D eigenvalue weighted by atomic mass is 10.1. The van der Waals surface area contributed by atoms with Gasteiger partial charge in [-0.3, -0.25) is 9.59 Å². The summed E-state index contributed by atoms with van der Waals surface area (Å²) in [6, 6.07) is 13.3. The topological polar surface area (TPSA) is 83.2 Å². The minimum atomic E-state index is -0.199. The summed E-state index contributed by atoms with van der Waals surface area (Å²) >= 11 is 0. The average Bonchev–Trinajstić information content (AvgIpc) is 3.05. The first-order valence-electron chi connectivity index (χ1n) is 8.87. The number of methoxy groups -OCH3 is 1. The number of carbonyl (C=O) groups excluding carboxylic acids is 2. The fourth-order valence-electron chi connectivity index (χ4n) is 3.07. The van der Waals surface area contributed by atoms with Crippen molar-refractivity contribution in [1.29, 1.82) is 0 Å². The third-order valence-corrected chi connectivity index (χ3v) is 4.32. The molecular formula is C21H23N3O3. The van der Waals surface area contributed by atoms with Crippen molar-refractivity contribution >= 4 is 34.1 Å². The zero-order chi connectivity index (χ0) is 19.2. The Bertz CT molecular complexity index is 962. The zero-order valence-electron chi connectivity index (χ0n) is 15.5. The van der Waals surface area contributed by atoms with Crippen LogP contribution in [0, 0.1) is 0 Å². The van der Waals surface area contributed by atoms with Crippen molar-refractivity contribution in [3.8, 4) is 5.75 Å². The summed E-state index contributed by atoms with van der Waals surface area (Å²) in [4.78, 5) is 26.8. The highest BCUT2D eigenvalue weighted by molar-refractivity contribution is 5.94. The standard InChI is InChI=1S/C21H23N3O3/c1-14(25)23-19-12-16(10-11-20(19)27-2)24-21(26)9-5-6-15-13-22-18-8-4-3-7-17(15)18/h3-4,7-8,10-13,22H,5-6,9H2,1-2H3,(H,23,25)(H,24,26). The number of anilines is 2. The van der Waals surface area contributed by atoms with Crippen LogP contribution in [0.2, 0.25) is 0 Å². The summed E-state index contributed by atoms with van der Waals surface area (Å²) in [5, 5.41) is 6.77. The molecule has 0 radical (unpaired) electrons. The molecule has 0 spiro atoms. The summed E-state index contributed by atoms with van der Waals surface area (Å²) in [6.07, 6.45) is 4.01. The van der Waals surface area contributed by atoms with Crippen LogP contribution >= 0.6 is 0 Å². The van der Waals surface area contributed by atoms with Crippen LogP contribution in [-0.4, -0.2) is 23.9 Å². The molecule has 3 N–H and O–H groups in total. The lowest BCUT2D eigenvalue weighted by Crippen LogP contribution is -2.12. The number of hydrogen-bond acceptors (Lipinski definition) is 3. The number of aromatic nitrogens is 1. The smallest absolute Gasteiger partial charge is 0.224 e. The number of hydrogen-bond donors (Lipinski definition) is 3. The number of para-hydroxylation sites is 1. The third kappa shape index (κ3) is 4.67. The quantitative estimate of drug-likeness (QED) is 0.589. The molecule has 0 fully saturated rings. The molecule has 0 aliphatic rings. The van der Waals surface area contributed by atoms with Crippen molar-refractivity contribution in [3.63, 3.8) is 0 Å². The molecule has 140 valence electrons. The van der Waals surface area contributed by atoms with Crippen LogP contribution in [-0.2, 0) is 16.0 Å². The van der Waals surface area contributed by atoms with Gasteiger partial charge in [-0.2, -0.15) is 0 Å². The number of amides is 2. The highest BCUT2D eigenvalue weighted by Gasteiger charge is 2.09. The largest absolute Gasteiger partial charge is 0.495 e. The predicted molar refractivity (Wildman–Crippen MR) is 107 cm³/mol. The van der Waals surface area contributed by atoms with E-state index in [4.69, 9.17) is 4.74 Å². The molecule has 6 nitrogen and oxygen atoms in total. The van der Waals surface area contributed by atoms with E-state index >= 15 is 0 Å². The fourth-order valence-corrected chi connectivity index (χ4v) is 3.07. The van der Waals surface area contributed by atoms with Crippen LogP contribution in [0.25, 0.3) is 10.9 Å². The molecule has 0 aliphatic carbocycles. The minimum absolute atomic E-state index is 0.0613. The molecule has 6 heteroatoms. The first kappa shape index (κ1) is 18.5. The van der Waals surface area contributed by atoms with E-state index in [0.717, 1.165) is 18.4 Å². The highest BCUT2D eigenvalue weighted by Crippen LogP contribution is 2.28. The van der Waals surface area contributed by atoms with Crippen molar-refractivity contribution in [3.05, 3.63) is 54.2 Å². The number of H-pyrrole nitrogens is 1. The number of ether oxygens (including phenoxy) is 1. The maximum atomic E-state index is 12.3. The van der Waals surface area contributed by atoms with Gasteiger partial charge in [0.2, 0.25) is 11.8 Å². The van der Waals surface area contributed by atoms with Crippen LogP contribution in [0.3, 0.4) is 0 Å². The van der Waals surface area contributed by atoms with E-state index in [2.05, 4.69) is 21.7 Å². The lowest BCUT2D eigenvalue weighted by molar-refractivity contribution is -0.116. The number of fused-ring (bicyclic) bond motifs is 1. The van der Waals surface area contributed by atoms with Gasteiger partial charge in [-0.1, -0.05) is 18.2 Å². The third-order valence-electron chi connectivity index (χ3n) is 4.32. The van der Waals surface area contributed by atoms with Gasteiger partial charge >= 0.3 is 0 Å². The minimum Gasteiger partial charge on any atom is -0.495 e. The molecule has 0 saturated carbocycles. The molecule has 0 unspecified atom stereocenters. The van der Waals surface area contributed by atoms with Crippen LogP contribution in [0.1, 0.15) is 25.3 Å². The van der Waals surface area contributed by atoms with Gasteiger partial charge in [0.25, 0.3) is 0 Å². The Labute approximate surface area is 157 Å². The second-order valence-corrected chi connectivity index (χ2v) is 6.36. The first-order valence-corrected chi connectivity index (χ1v) is 8.87. The molecule has 3 aromatic rings. The number of carbonyl (C=O) groups is 2. The van der Waals surface area contributed by atoms with E-state index in [0.29, 0.717) is 23.5 Å². The summed E-state index contributed by atoms with van der Waals surface area (Å²) in [7, 11) is 1.53. The van der Waals surface area contributed by atoms with Crippen LogP contribution in [0.15, 0.2) is 48.7 Å². The molecule has 27 heavy (non-hydrogen) atoms. The SMILES string of the molecule is COc1ccc(NC(=O)CCCc2c[nH]c3ccccc23)cc1NC(C)=O. The van der Waals surface area contributed by atoms with Crippen molar-refractivity contribution in [1.82, 2.24) is 4.98 Å². The lowest BCUT2D eigenvalue weighted by Gasteiger charge is -2.12. The van der Waals surface area contributed by atoms with E-state index in [1.54, 1.807) is 18.2 Å². The van der Waals surface area contributed by atoms with Crippen molar-refractivity contribution in [2.75, 3.05) is 17.7 Å². The van der Waals surface area contributed by atoms with Crippen molar-refractivity contribution < 1.29 is 14.3 Å². The average molecular weight is 365 g/mol. The molecule has 3 rings (SSSR count). The van der Waals surface area contributed by atoms with Crippen molar-refractivity contribution in [2.45, 2.75) is 26.2 Å². The Kier molecular flexibility index (Phi) is 5.76. The van der Waals surface area contributed by atoms with Gasteiger partial charge in [0.05, 0.1) is 12.8 Å². The van der Waals surface area contributed by atoms with E-state index in [-0.39, 0.29) is 11.8 Å². The van der Waals surface area contributed by atoms with Gasteiger partial charge in [-0.05, 0) is 42.7 Å². The summed E-state index contributed by atoms with van der Waals surface area (Å²) in [5.41, 5.74) is 3.48. The molecule has 1 heterocycles. The van der Waals surface area contributed by atoms with Crippen LogP contribution in [0.4, 0.5) is 11.4 Å². The number of aryl methyl sites for hydroxylation is 1. The summed E-state index contributed by atoms with van der Waals surface area (Å²) in [5.74, 6) is 0.284. The molecular weight excluding hydrogens is 342 g/mol. The maximum absolute atomic E-state index is 12.3. The van der Waals surface area contributed by atoms with E-state index in [9.17, 15) is 9.59 Å². The van der Waals surface area contributed by atoms with E-state index < -0.39 is 0 Å². The molecule has 0 bridgehead atoms. The molecule has 2 aromatic carbocycles. The predicted octanol–water partition coefficient (Wildman–Crippen LogP) is 4.10. The Morgan fingerprint density at radius 1 is 1.11 bits per heavy atom. The van der Waals surface area contributed by atoms with E-state index in [1.807, 2.05) is 24.4 Å². The molecule has 2 amide bonds. The van der Waals surface area contributed by atoms with Gasteiger partial charge in [0.15, 0.2) is 0 Å². The van der Waals surface area contributed by atoms with Gasteiger partial charge in [-0.25, -0.2) is 0 Å². The second kappa shape index (κ2) is 8.40. The Hall–Kier alpha value is -3.28. The Balaban J connectivity index is 1.57.